The molecular formula is C33H23Br2N3. The van der Waals surface area contributed by atoms with Crippen LogP contribution in [0.2, 0.25) is 0 Å². The van der Waals surface area contributed by atoms with E-state index in [1.807, 2.05) is 0 Å². The summed E-state index contributed by atoms with van der Waals surface area (Å²) in [5.41, 5.74) is 8.14. The second-order valence-corrected chi connectivity index (χ2v) is 11.2. The van der Waals surface area contributed by atoms with Gasteiger partial charge in [-0.25, -0.2) is 4.98 Å². The van der Waals surface area contributed by atoms with Gasteiger partial charge in [0.25, 0.3) is 0 Å². The minimum absolute atomic E-state index is 0.725. The Balaban J connectivity index is 1.50. The Kier molecular flexibility index (Phi) is 5.91. The summed E-state index contributed by atoms with van der Waals surface area (Å²) in [7, 11) is 0. The van der Waals surface area contributed by atoms with Crippen molar-refractivity contribution in [2.75, 3.05) is 0 Å². The molecule has 5 aromatic carbocycles. The summed E-state index contributed by atoms with van der Waals surface area (Å²) in [5.74, 6) is 0.977. The molecular weight excluding hydrogens is 598 g/mol. The molecule has 0 amide bonds. The van der Waals surface area contributed by atoms with Crippen LogP contribution in [-0.4, -0.2) is 14.1 Å². The van der Waals surface area contributed by atoms with Crippen LogP contribution in [0, 0.1) is 0 Å². The number of aromatic nitrogens is 3. The fourth-order valence-corrected chi connectivity index (χ4v) is 6.22. The molecule has 184 valence electrons. The second kappa shape index (κ2) is 9.57. The standard InChI is InChI=1S/C33H23Br2N3/c34-27-15-7-4-12-23(27)20-37-30-17-9-6-14-25(30)26-18-32-29(19-31(26)37)36-33(22-10-2-1-3-11-22)38(32)21-24-13-5-8-16-28(24)35/h1-19H,20-21H2. The van der Waals surface area contributed by atoms with Crippen molar-refractivity contribution in [1.82, 2.24) is 14.1 Å². The highest BCUT2D eigenvalue weighted by atomic mass is 79.9. The van der Waals surface area contributed by atoms with Gasteiger partial charge in [-0.3, -0.25) is 0 Å². The number of para-hydroxylation sites is 1. The van der Waals surface area contributed by atoms with Crippen LogP contribution in [0.15, 0.2) is 124 Å². The van der Waals surface area contributed by atoms with E-state index >= 15 is 0 Å². The lowest BCUT2D eigenvalue weighted by Crippen LogP contribution is -2.03. The minimum Gasteiger partial charge on any atom is -0.336 e. The van der Waals surface area contributed by atoms with E-state index < -0.39 is 0 Å². The number of nitrogens with zero attached hydrogens (tertiary/aromatic N) is 3. The molecule has 0 aliphatic heterocycles. The lowest BCUT2D eigenvalue weighted by atomic mass is 10.1. The topological polar surface area (TPSA) is 22.8 Å². The molecule has 2 aromatic heterocycles. The Morgan fingerprint density at radius 1 is 0.526 bits per heavy atom. The molecule has 0 bridgehead atoms. The maximum absolute atomic E-state index is 5.22. The summed E-state index contributed by atoms with van der Waals surface area (Å²) in [5, 5.41) is 2.50. The first-order chi connectivity index (χ1) is 18.7. The van der Waals surface area contributed by atoms with Crippen LogP contribution in [0.3, 0.4) is 0 Å². The van der Waals surface area contributed by atoms with Crippen LogP contribution in [-0.2, 0) is 13.1 Å². The van der Waals surface area contributed by atoms with Gasteiger partial charge in [0.15, 0.2) is 0 Å². The third-order valence-corrected chi connectivity index (χ3v) is 8.79. The van der Waals surface area contributed by atoms with Crippen molar-refractivity contribution in [2.45, 2.75) is 13.1 Å². The maximum Gasteiger partial charge on any atom is 0.141 e. The number of halogens is 2. The minimum atomic E-state index is 0.725. The van der Waals surface area contributed by atoms with Gasteiger partial charge in [0.2, 0.25) is 0 Å². The van der Waals surface area contributed by atoms with Crippen molar-refractivity contribution in [3.05, 3.63) is 135 Å². The van der Waals surface area contributed by atoms with Crippen molar-refractivity contribution >= 4 is 64.7 Å². The van der Waals surface area contributed by atoms with E-state index in [0.717, 1.165) is 44.5 Å². The first-order valence-corrected chi connectivity index (χ1v) is 14.2. The molecule has 0 radical (unpaired) electrons. The zero-order chi connectivity index (χ0) is 25.6. The van der Waals surface area contributed by atoms with Gasteiger partial charge >= 0.3 is 0 Å². The molecule has 7 aromatic rings. The monoisotopic (exact) mass is 619 g/mol. The first-order valence-electron chi connectivity index (χ1n) is 12.6. The molecule has 5 heteroatoms. The largest absolute Gasteiger partial charge is 0.336 e. The fourth-order valence-electron chi connectivity index (χ4n) is 5.40. The van der Waals surface area contributed by atoms with Crippen molar-refractivity contribution in [3.63, 3.8) is 0 Å². The van der Waals surface area contributed by atoms with Crippen molar-refractivity contribution in [2.24, 2.45) is 0 Å². The van der Waals surface area contributed by atoms with E-state index in [1.165, 1.54) is 32.9 Å². The zero-order valence-corrected chi connectivity index (χ0v) is 23.7. The first kappa shape index (κ1) is 23.4. The molecule has 0 spiro atoms. The molecule has 7 rings (SSSR count). The number of benzene rings is 5. The normalized spacial score (nSPS) is 11.6. The second-order valence-electron chi connectivity index (χ2n) is 9.53. The van der Waals surface area contributed by atoms with Crippen LogP contribution in [0.1, 0.15) is 11.1 Å². The lowest BCUT2D eigenvalue weighted by molar-refractivity contribution is 0.831. The summed E-state index contributed by atoms with van der Waals surface area (Å²) < 4.78 is 6.99. The molecule has 3 nitrogen and oxygen atoms in total. The van der Waals surface area contributed by atoms with Gasteiger partial charge in [0.05, 0.1) is 23.1 Å². The molecule has 0 unspecified atom stereocenters. The van der Waals surface area contributed by atoms with Crippen molar-refractivity contribution < 1.29 is 0 Å². The van der Waals surface area contributed by atoms with E-state index in [4.69, 9.17) is 4.98 Å². The Hall–Kier alpha value is -3.67. The highest BCUT2D eigenvalue weighted by Gasteiger charge is 2.18. The van der Waals surface area contributed by atoms with Gasteiger partial charge in [0.1, 0.15) is 5.82 Å². The smallest absolute Gasteiger partial charge is 0.141 e. The van der Waals surface area contributed by atoms with Gasteiger partial charge in [-0.05, 0) is 41.5 Å². The maximum atomic E-state index is 5.22. The highest BCUT2D eigenvalue weighted by molar-refractivity contribution is 9.10. The number of hydrogen-bond acceptors (Lipinski definition) is 1. The predicted molar refractivity (Wildman–Crippen MR) is 165 cm³/mol. The van der Waals surface area contributed by atoms with E-state index in [1.54, 1.807) is 0 Å². The van der Waals surface area contributed by atoms with Crippen molar-refractivity contribution in [3.8, 4) is 11.4 Å². The molecule has 38 heavy (non-hydrogen) atoms. The lowest BCUT2D eigenvalue weighted by Gasteiger charge is -2.12. The zero-order valence-electron chi connectivity index (χ0n) is 20.5. The molecule has 0 aliphatic carbocycles. The summed E-state index contributed by atoms with van der Waals surface area (Å²) in [6, 6.07) is 40.7. The van der Waals surface area contributed by atoms with Crippen LogP contribution in [0.5, 0.6) is 0 Å². The summed E-state index contributed by atoms with van der Waals surface area (Å²) in [4.78, 5) is 5.22. The Morgan fingerprint density at radius 3 is 1.84 bits per heavy atom. The highest BCUT2D eigenvalue weighted by Crippen LogP contribution is 2.36. The fraction of sp³-hybridized carbons (Fsp3) is 0.0606. The predicted octanol–water partition coefficient (Wildman–Crippen LogP) is 9.43. The molecule has 0 fully saturated rings. The molecule has 0 N–H and O–H groups in total. The number of hydrogen-bond donors (Lipinski definition) is 0. The molecule has 0 saturated carbocycles. The number of imidazole rings is 1. The van der Waals surface area contributed by atoms with E-state index in [0.29, 0.717) is 0 Å². The summed E-state index contributed by atoms with van der Waals surface area (Å²) >= 11 is 7.51. The average molecular weight is 621 g/mol. The third kappa shape index (κ3) is 3.98. The number of rotatable bonds is 5. The third-order valence-electron chi connectivity index (χ3n) is 7.25. The van der Waals surface area contributed by atoms with Gasteiger partial charge < -0.3 is 9.13 Å². The summed E-state index contributed by atoms with van der Waals surface area (Å²) in [6.07, 6.45) is 0. The molecule has 0 saturated heterocycles. The molecule has 0 atom stereocenters. The quantitative estimate of drug-likeness (QED) is 0.188. The SMILES string of the molecule is Brc1ccccc1Cn1c(-c2ccccc2)nc2cc3c(cc21)c1ccccc1n3Cc1ccccc1Br. The Labute approximate surface area is 237 Å². The number of fused-ring (bicyclic) bond motifs is 4. The molecule has 2 heterocycles. The average Bonchev–Trinajstić information content (AvgIpc) is 3.45. The summed E-state index contributed by atoms with van der Waals surface area (Å²) in [6.45, 7) is 1.50. The van der Waals surface area contributed by atoms with E-state index in [2.05, 4.69) is 156 Å². The van der Waals surface area contributed by atoms with Gasteiger partial charge in [0, 0.05) is 37.3 Å². The van der Waals surface area contributed by atoms with Gasteiger partial charge in [-0.15, -0.1) is 0 Å². The van der Waals surface area contributed by atoms with E-state index in [-0.39, 0.29) is 0 Å². The van der Waals surface area contributed by atoms with Crippen molar-refractivity contribution in [1.29, 1.82) is 0 Å². The van der Waals surface area contributed by atoms with Crippen LogP contribution in [0.25, 0.3) is 44.2 Å². The van der Waals surface area contributed by atoms with E-state index in [9.17, 15) is 0 Å². The van der Waals surface area contributed by atoms with Gasteiger partial charge in [-0.1, -0.05) is 117 Å². The molecule has 0 aliphatic rings. The van der Waals surface area contributed by atoms with Crippen LogP contribution in [0.4, 0.5) is 0 Å². The Morgan fingerprint density at radius 2 is 1.13 bits per heavy atom. The van der Waals surface area contributed by atoms with Gasteiger partial charge in [-0.2, -0.15) is 0 Å². The Bertz CT molecular complexity index is 1950. The van der Waals surface area contributed by atoms with Crippen LogP contribution < -0.4 is 0 Å². The van der Waals surface area contributed by atoms with Crippen LogP contribution >= 0.6 is 31.9 Å².